The number of hydrogen-bond acceptors (Lipinski definition) is 4. The summed E-state index contributed by atoms with van der Waals surface area (Å²) in [6.45, 7) is 7.22. The third kappa shape index (κ3) is 4.94. The van der Waals surface area contributed by atoms with Crippen molar-refractivity contribution in [3.8, 4) is 0 Å². The molecule has 6 nitrogen and oxygen atoms in total. The van der Waals surface area contributed by atoms with Crippen molar-refractivity contribution in [1.82, 2.24) is 4.72 Å². The van der Waals surface area contributed by atoms with Crippen molar-refractivity contribution in [2.75, 3.05) is 23.3 Å². The number of carbonyl (C=O) groups is 1. The minimum absolute atomic E-state index is 0.0313. The van der Waals surface area contributed by atoms with Crippen molar-refractivity contribution in [3.63, 3.8) is 0 Å². The highest BCUT2D eigenvalue weighted by Crippen LogP contribution is 2.28. The summed E-state index contributed by atoms with van der Waals surface area (Å²) in [6.07, 6.45) is 7.11. The van der Waals surface area contributed by atoms with E-state index in [0.29, 0.717) is 25.7 Å². The molecular formula is C21H31N3O3S. The van der Waals surface area contributed by atoms with Gasteiger partial charge in [-0.15, -0.1) is 0 Å². The molecule has 1 fully saturated rings. The second kappa shape index (κ2) is 8.66. The fourth-order valence-corrected chi connectivity index (χ4v) is 4.72. The minimum Gasteiger partial charge on any atom is -0.364 e. The maximum Gasteiger partial charge on any atom is 0.227 e. The Labute approximate surface area is 168 Å². The number of anilines is 2. The number of nitrogens with zero attached hydrogens (tertiary/aromatic N) is 1. The van der Waals surface area contributed by atoms with Crippen LogP contribution in [0.25, 0.3) is 0 Å². The molecule has 154 valence electrons. The molecular weight excluding hydrogens is 374 g/mol. The highest BCUT2D eigenvalue weighted by molar-refractivity contribution is 7.90. The maximum absolute atomic E-state index is 12.7. The number of nitrogens with one attached hydrogen (secondary N) is 2. The first-order valence-corrected chi connectivity index (χ1v) is 11.6. The van der Waals surface area contributed by atoms with Crippen LogP contribution in [-0.4, -0.2) is 38.7 Å². The maximum atomic E-state index is 12.7. The van der Waals surface area contributed by atoms with Gasteiger partial charge < -0.3 is 10.2 Å². The highest BCUT2D eigenvalue weighted by Gasteiger charge is 2.29. The first-order chi connectivity index (χ1) is 13.3. The van der Waals surface area contributed by atoms with Crippen molar-refractivity contribution in [2.45, 2.75) is 57.7 Å². The summed E-state index contributed by atoms with van der Waals surface area (Å²) < 4.78 is 26.8. The van der Waals surface area contributed by atoms with Crippen LogP contribution < -0.4 is 14.9 Å². The molecule has 1 aromatic rings. The van der Waals surface area contributed by atoms with Gasteiger partial charge in [0.2, 0.25) is 15.9 Å². The molecule has 1 aromatic carbocycles. The van der Waals surface area contributed by atoms with Crippen molar-refractivity contribution in [1.29, 1.82) is 0 Å². The molecule has 0 saturated heterocycles. The molecule has 2 N–H and O–H groups in total. The summed E-state index contributed by atoms with van der Waals surface area (Å²) in [4.78, 5) is 15.0. The lowest BCUT2D eigenvalue weighted by Crippen LogP contribution is -2.42. The van der Waals surface area contributed by atoms with Gasteiger partial charge in [0.05, 0.1) is 5.25 Å². The Hall–Kier alpha value is -1.86. The molecule has 3 rings (SSSR count). The van der Waals surface area contributed by atoms with E-state index in [1.807, 2.05) is 19.1 Å². The van der Waals surface area contributed by atoms with E-state index in [-0.39, 0.29) is 17.9 Å². The Kier molecular flexibility index (Phi) is 6.45. The zero-order chi connectivity index (χ0) is 20.3. The van der Waals surface area contributed by atoms with E-state index in [1.165, 1.54) is 5.69 Å². The number of carbonyl (C=O) groups excluding carboxylic acids is 1. The number of aryl methyl sites for hydroxylation is 1. The van der Waals surface area contributed by atoms with Gasteiger partial charge in [0, 0.05) is 36.4 Å². The van der Waals surface area contributed by atoms with Gasteiger partial charge in [-0.2, -0.15) is 0 Å². The van der Waals surface area contributed by atoms with E-state index in [4.69, 9.17) is 0 Å². The summed E-state index contributed by atoms with van der Waals surface area (Å²) in [7, 11) is -3.26. The second-order valence-corrected chi connectivity index (χ2v) is 10.4. The molecule has 1 amide bonds. The lowest BCUT2D eigenvalue weighted by Gasteiger charge is -2.29. The Morgan fingerprint density at radius 2 is 1.75 bits per heavy atom. The van der Waals surface area contributed by atoms with E-state index < -0.39 is 15.3 Å². The zero-order valence-electron chi connectivity index (χ0n) is 16.9. The quantitative estimate of drug-likeness (QED) is 0.713. The second-order valence-electron chi connectivity index (χ2n) is 8.13. The van der Waals surface area contributed by atoms with E-state index in [2.05, 4.69) is 33.2 Å². The Bertz CT molecular complexity index is 832. The fourth-order valence-electron chi connectivity index (χ4n) is 3.75. The summed E-state index contributed by atoms with van der Waals surface area (Å²) in [5, 5.41) is 2.63. The average Bonchev–Trinajstić information content (AvgIpc) is 3.18. The molecule has 7 heteroatoms. The third-order valence-electron chi connectivity index (χ3n) is 5.70. The molecule has 2 aliphatic rings. The van der Waals surface area contributed by atoms with Gasteiger partial charge >= 0.3 is 0 Å². The van der Waals surface area contributed by atoms with Crippen molar-refractivity contribution < 1.29 is 13.2 Å². The standard InChI is InChI=1S/C21H31N3O3S/c1-15(2)28(26,27)23-18-8-6-17(7-9-18)21(25)22-20-11-10-19(14-16(20)3)24-12-4-5-13-24/h4-5,10-11,14-15,17-18,23H,6-9,12-13H2,1-3H3,(H,22,25). The summed E-state index contributed by atoms with van der Waals surface area (Å²) in [6, 6.07) is 6.07. The molecule has 1 saturated carbocycles. The van der Waals surface area contributed by atoms with Gasteiger partial charge in [0.15, 0.2) is 0 Å². The van der Waals surface area contributed by atoms with Gasteiger partial charge in [-0.3, -0.25) is 4.79 Å². The van der Waals surface area contributed by atoms with Crippen molar-refractivity contribution in [2.24, 2.45) is 5.92 Å². The molecule has 1 aliphatic heterocycles. The van der Waals surface area contributed by atoms with E-state index in [1.54, 1.807) is 13.8 Å². The molecule has 28 heavy (non-hydrogen) atoms. The number of amides is 1. The molecule has 0 atom stereocenters. The SMILES string of the molecule is Cc1cc(N2CC=CC2)ccc1NC(=O)C1CCC(NS(=O)(=O)C(C)C)CC1. The largest absolute Gasteiger partial charge is 0.364 e. The van der Waals surface area contributed by atoms with Crippen LogP contribution in [0.15, 0.2) is 30.4 Å². The normalized spacial score (nSPS) is 22.6. The van der Waals surface area contributed by atoms with Crippen molar-refractivity contribution >= 4 is 27.3 Å². The molecule has 1 heterocycles. The smallest absolute Gasteiger partial charge is 0.227 e. The number of sulfonamides is 1. The van der Waals surface area contributed by atoms with Crippen molar-refractivity contribution in [3.05, 3.63) is 35.9 Å². The topological polar surface area (TPSA) is 78.5 Å². The lowest BCUT2D eigenvalue weighted by atomic mass is 9.86. The number of benzene rings is 1. The van der Waals surface area contributed by atoms with Gasteiger partial charge in [0.1, 0.15) is 0 Å². The summed E-state index contributed by atoms with van der Waals surface area (Å²) >= 11 is 0. The van der Waals surface area contributed by atoms with E-state index in [9.17, 15) is 13.2 Å². The first kappa shape index (κ1) is 20.9. The van der Waals surface area contributed by atoms with Crippen LogP contribution in [0.2, 0.25) is 0 Å². The average molecular weight is 406 g/mol. The lowest BCUT2D eigenvalue weighted by molar-refractivity contribution is -0.120. The summed E-state index contributed by atoms with van der Waals surface area (Å²) in [5.74, 6) is -0.0366. The fraction of sp³-hybridized carbons (Fsp3) is 0.571. The Balaban J connectivity index is 1.53. The zero-order valence-corrected chi connectivity index (χ0v) is 17.8. The first-order valence-electron chi connectivity index (χ1n) is 10.1. The predicted molar refractivity (Wildman–Crippen MR) is 114 cm³/mol. The van der Waals surface area contributed by atoms with Crippen LogP contribution in [-0.2, 0) is 14.8 Å². The monoisotopic (exact) mass is 405 g/mol. The van der Waals surface area contributed by atoms with Crippen LogP contribution in [0.4, 0.5) is 11.4 Å². The van der Waals surface area contributed by atoms with E-state index in [0.717, 1.165) is 24.3 Å². The van der Waals surface area contributed by atoms with E-state index >= 15 is 0 Å². The third-order valence-corrected chi connectivity index (χ3v) is 7.60. The molecule has 0 aromatic heterocycles. The van der Waals surface area contributed by atoms with Crippen LogP contribution in [0.3, 0.4) is 0 Å². The molecule has 0 radical (unpaired) electrons. The van der Waals surface area contributed by atoms with Crippen LogP contribution in [0.5, 0.6) is 0 Å². The molecule has 0 bridgehead atoms. The molecule has 0 spiro atoms. The number of hydrogen-bond donors (Lipinski definition) is 2. The van der Waals surface area contributed by atoms with Gasteiger partial charge in [-0.05, 0) is 70.2 Å². The summed E-state index contributed by atoms with van der Waals surface area (Å²) in [5.41, 5.74) is 3.07. The number of rotatable bonds is 6. The minimum atomic E-state index is -3.26. The molecule has 1 aliphatic carbocycles. The predicted octanol–water partition coefficient (Wildman–Crippen LogP) is 3.20. The van der Waals surface area contributed by atoms with Gasteiger partial charge in [0.25, 0.3) is 0 Å². The molecule has 0 unspecified atom stereocenters. The van der Waals surface area contributed by atoms with Gasteiger partial charge in [-0.1, -0.05) is 12.2 Å². The Morgan fingerprint density at radius 3 is 2.32 bits per heavy atom. The Morgan fingerprint density at radius 1 is 1.11 bits per heavy atom. The van der Waals surface area contributed by atoms with Crippen LogP contribution >= 0.6 is 0 Å². The van der Waals surface area contributed by atoms with Crippen LogP contribution in [0, 0.1) is 12.8 Å². The highest BCUT2D eigenvalue weighted by atomic mass is 32.2. The van der Waals surface area contributed by atoms with Crippen LogP contribution in [0.1, 0.15) is 45.1 Å². The van der Waals surface area contributed by atoms with Gasteiger partial charge in [-0.25, -0.2) is 13.1 Å².